The summed E-state index contributed by atoms with van der Waals surface area (Å²) in [4.78, 5) is 8.45. The van der Waals surface area contributed by atoms with E-state index in [9.17, 15) is 0 Å². The van der Waals surface area contributed by atoms with Gasteiger partial charge in [-0.3, -0.25) is 0 Å². The van der Waals surface area contributed by atoms with Crippen LogP contribution < -0.4 is 0 Å². The first-order chi connectivity index (χ1) is 8.11. The van der Waals surface area contributed by atoms with Crippen molar-refractivity contribution >= 4 is 33.2 Å². The van der Waals surface area contributed by atoms with Crippen LogP contribution in [0.3, 0.4) is 0 Å². The van der Waals surface area contributed by atoms with Crippen molar-refractivity contribution in [1.29, 1.82) is 0 Å². The zero-order valence-electron chi connectivity index (χ0n) is 12.8. The third-order valence-electron chi connectivity index (χ3n) is 2.68. The maximum absolute atomic E-state index is 8.45. The monoisotopic (exact) mass is 492 g/mol. The molecule has 0 aromatic carbocycles. The molecule has 1 nitrogen and oxygen atoms in total. The molecule has 0 heterocycles. The average Bonchev–Trinajstić information content (AvgIpc) is 2.35. The van der Waals surface area contributed by atoms with Crippen LogP contribution in [0.2, 0.25) is 0 Å². The smallest absolute Gasteiger partial charge is 0 e. The van der Waals surface area contributed by atoms with Crippen molar-refractivity contribution in [3.63, 3.8) is 0 Å². The molecule has 0 aromatic rings. The van der Waals surface area contributed by atoms with Crippen LogP contribution in [-0.4, -0.2) is 42.7 Å². The Labute approximate surface area is 136 Å². The zero-order chi connectivity index (χ0) is 14.1. The molecule has 0 saturated carbocycles. The molecular weight excluding hydrogens is 462 g/mol. The van der Waals surface area contributed by atoms with E-state index in [1.165, 1.54) is 37.0 Å². The van der Waals surface area contributed by atoms with E-state index >= 15 is 0 Å². The van der Waals surface area contributed by atoms with Crippen molar-refractivity contribution in [3.8, 4) is 0 Å². The van der Waals surface area contributed by atoms with Crippen LogP contribution in [0.15, 0.2) is 0 Å². The summed E-state index contributed by atoms with van der Waals surface area (Å²) in [5.74, 6) is 0.972. The maximum atomic E-state index is 8.45. The summed E-state index contributed by atoms with van der Waals surface area (Å²) in [6, 6.07) is 0. The Morgan fingerprint density at radius 2 is 0.833 bits per heavy atom. The molecule has 0 spiro atoms. The SMILES string of the molecule is CCP(CC)CC.CCP(CC)CC.O=[C-]Cl.[Ir]. The van der Waals surface area contributed by atoms with E-state index in [0.29, 0.717) is 15.8 Å². The Morgan fingerprint density at radius 3 is 0.833 bits per heavy atom. The minimum atomic E-state index is 0. The van der Waals surface area contributed by atoms with Gasteiger partial charge in [-0.05, 0) is 37.0 Å². The predicted molar refractivity (Wildman–Crippen MR) is 88.6 cm³/mol. The molecule has 1 radical (unpaired) electrons. The molecule has 0 aliphatic heterocycles. The molecular formula is C13H30ClIrOP2-. The Hall–Kier alpha value is 1.47. The fraction of sp³-hybridized carbons (Fsp3) is 0.923. The summed E-state index contributed by atoms with van der Waals surface area (Å²) in [5, 5.41) is 0. The second-order valence-corrected chi connectivity index (χ2v) is 9.95. The van der Waals surface area contributed by atoms with E-state index in [4.69, 9.17) is 4.79 Å². The molecule has 0 aromatic heterocycles. The van der Waals surface area contributed by atoms with Crippen LogP contribution in [0, 0.1) is 0 Å². The molecule has 0 aliphatic carbocycles. The van der Waals surface area contributed by atoms with Crippen molar-refractivity contribution in [2.45, 2.75) is 41.5 Å². The molecule has 0 aliphatic rings. The minimum absolute atomic E-state index is 0. The third-order valence-corrected chi connectivity index (χ3v) is 8.05. The first kappa shape index (κ1) is 27.8. The number of halogens is 1. The van der Waals surface area contributed by atoms with Gasteiger partial charge in [-0.25, -0.2) is 0 Å². The zero-order valence-corrected chi connectivity index (χ0v) is 17.7. The first-order valence-corrected chi connectivity index (χ1v) is 10.7. The summed E-state index contributed by atoms with van der Waals surface area (Å²) in [7, 11) is 0.892. The molecule has 0 bridgehead atoms. The molecule has 0 atom stereocenters. The second-order valence-electron chi connectivity index (χ2n) is 3.32. The summed E-state index contributed by atoms with van der Waals surface area (Å²) < 4.78 is 0. The van der Waals surface area contributed by atoms with Gasteiger partial charge in [-0.2, -0.15) is 5.75 Å². The van der Waals surface area contributed by atoms with Crippen LogP contribution in [0.5, 0.6) is 0 Å². The largest absolute Gasteiger partial charge is 0.525 e. The topological polar surface area (TPSA) is 17.1 Å². The van der Waals surface area contributed by atoms with Crippen LogP contribution in [0.1, 0.15) is 41.5 Å². The van der Waals surface area contributed by atoms with E-state index in [1.807, 2.05) is 0 Å². The van der Waals surface area contributed by atoms with E-state index in [2.05, 4.69) is 53.1 Å². The standard InChI is InChI=1S/2C6H15P.CClO.Ir/c2*1-4-7(5-2)6-3;2-1-3;/h2*4-6H2,1-3H3;;/q;;-1;. The van der Waals surface area contributed by atoms with Crippen molar-refractivity contribution in [1.82, 2.24) is 0 Å². The van der Waals surface area contributed by atoms with Gasteiger partial charge >= 0.3 is 0 Å². The van der Waals surface area contributed by atoms with Gasteiger partial charge in [0.1, 0.15) is 0 Å². The van der Waals surface area contributed by atoms with Gasteiger partial charge in [0.15, 0.2) is 0 Å². The third kappa shape index (κ3) is 26.1. The van der Waals surface area contributed by atoms with Crippen molar-refractivity contribution < 1.29 is 24.9 Å². The van der Waals surface area contributed by atoms with Crippen molar-refractivity contribution in [2.24, 2.45) is 0 Å². The van der Waals surface area contributed by atoms with Crippen LogP contribution in [-0.2, 0) is 24.9 Å². The molecule has 0 N–H and O–H groups in total. The number of rotatable bonds is 6. The second kappa shape index (κ2) is 26.9. The Kier molecular flexibility index (Phi) is 41.5. The normalized spacial score (nSPS) is 8.72. The summed E-state index contributed by atoms with van der Waals surface area (Å²) in [6.45, 7) is 13.7. The summed E-state index contributed by atoms with van der Waals surface area (Å²) in [5.41, 5.74) is 0. The molecule has 0 saturated heterocycles. The van der Waals surface area contributed by atoms with Crippen molar-refractivity contribution in [2.75, 3.05) is 37.0 Å². The van der Waals surface area contributed by atoms with Gasteiger partial charge in [-0.15, -0.1) is 15.8 Å². The quantitative estimate of drug-likeness (QED) is 0.278. The Morgan fingerprint density at radius 1 is 0.722 bits per heavy atom. The van der Waals surface area contributed by atoms with Gasteiger partial charge in [-0.1, -0.05) is 41.5 Å². The van der Waals surface area contributed by atoms with Gasteiger partial charge < -0.3 is 16.4 Å². The fourth-order valence-corrected chi connectivity index (χ4v) is 4.02. The molecule has 0 unspecified atom stereocenters. The van der Waals surface area contributed by atoms with Crippen molar-refractivity contribution in [3.05, 3.63) is 0 Å². The van der Waals surface area contributed by atoms with Gasteiger partial charge in [0.2, 0.25) is 0 Å². The minimum Gasteiger partial charge on any atom is -0.525 e. The predicted octanol–water partition coefficient (Wildman–Crippen LogP) is 5.35. The summed E-state index contributed by atoms with van der Waals surface area (Å²) >= 11 is 4.19. The van der Waals surface area contributed by atoms with Crippen LogP contribution in [0.4, 0.5) is 0 Å². The first-order valence-electron chi connectivity index (χ1n) is 6.53. The molecule has 115 valence electrons. The molecule has 0 fully saturated rings. The number of hydrogen-bond donors (Lipinski definition) is 0. The van der Waals surface area contributed by atoms with Gasteiger partial charge in [0, 0.05) is 20.1 Å². The van der Waals surface area contributed by atoms with E-state index in [0.717, 1.165) is 5.75 Å². The molecule has 5 heteroatoms. The number of hydrogen-bond acceptors (Lipinski definition) is 1. The molecule has 18 heavy (non-hydrogen) atoms. The fourth-order valence-electron chi connectivity index (χ4n) is 1.34. The van der Waals surface area contributed by atoms with Gasteiger partial charge in [0.25, 0.3) is 0 Å². The van der Waals surface area contributed by atoms with E-state index in [1.54, 1.807) is 0 Å². The Balaban J connectivity index is -0.0000000857. The molecule has 0 rings (SSSR count). The van der Waals surface area contributed by atoms with Gasteiger partial charge in [0.05, 0.1) is 0 Å². The van der Waals surface area contributed by atoms with E-state index < -0.39 is 0 Å². The maximum Gasteiger partial charge on any atom is 0 e. The van der Waals surface area contributed by atoms with Crippen LogP contribution >= 0.6 is 27.4 Å². The molecule has 0 amide bonds. The average molecular weight is 492 g/mol. The Bertz CT molecular complexity index is 109. The van der Waals surface area contributed by atoms with Crippen LogP contribution in [0.25, 0.3) is 0 Å². The van der Waals surface area contributed by atoms with E-state index in [-0.39, 0.29) is 20.1 Å². The number of carbonyl (C=O) groups excluding carboxylic acids is 1. The summed E-state index contributed by atoms with van der Waals surface area (Å²) in [6.07, 6.45) is 8.51.